The monoisotopic (exact) mass is 353 g/mol. The summed E-state index contributed by atoms with van der Waals surface area (Å²) in [6.45, 7) is 1.34. The fourth-order valence-electron chi connectivity index (χ4n) is 2.58. The van der Waals surface area contributed by atoms with E-state index >= 15 is 0 Å². The lowest BCUT2D eigenvalue weighted by Crippen LogP contribution is -2.35. The highest BCUT2D eigenvalue weighted by atomic mass is 32.2. The van der Waals surface area contributed by atoms with Crippen molar-refractivity contribution in [2.75, 3.05) is 6.54 Å². The molecular weight excluding hydrogens is 335 g/mol. The van der Waals surface area contributed by atoms with Crippen molar-refractivity contribution in [3.05, 3.63) is 58.1 Å². The molecule has 1 aromatic carbocycles. The first-order valence-corrected chi connectivity index (χ1v) is 8.64. The van der Waals surface area contributed by atoms with Crippen LogP contribution in [0.4, 0.5) is 13.2 Å². The van der Waals surface area contributed by atoms with Gasteiger partial charge in [-0.25, -0.2) is 0 Å². The quantitative estimate of drug-likeness (QED) is 0.847. The molecule has 24 heavy (non-hydrogen) atoms. The predicted octanol–water partition coefficient (Wildman–Crippen LogP) is 3.74. The van der Waals surface area contributed by atoms with E-state index in [0.717, 1.165) is 29.8 Å². The van der Waals surface area contributed by atoms with E-state index in [1.807, 2.05) is 17.7 Å². The number of nitrogens with one attached hydrogen (secondary N) is 2. The Morgan fingerprint density at radius 2 is 2.12 bits per heavy atom. The zero-order chi connectivity index (χ0) is 17.0. The molecule has 0 aliphatic carbocycles. The summed E-state index contributed by atoms with van der Waals surface area (Å²) in [4.78, 5) is 4.26. The number of hydrogen-bond acceptors (Lipinski definition) is 4. The molecule has 2 aliphatic heterocycles. The summed E-state index contributed by atoms with van der Waals surface area (Å²) in [5.41, 5.74) is 3.25. The van der Waals surface area contributed by atoms with Crippen LogP contribution in [0.1, 0.15) is 17.5 Å². The molecule has 2 heterocycles. The lowest BCUT2D eigenvalue weighted by molar-refractivity contribution is -0.127. The molecule has 0 spiro atoms. The Kier molecular flexibility index (Phi) is 5.30. The summed E-state index contributed by atoms with van der Waals surface area (Å²) in [5.74, 6) is 0. The molecule has 1 unspecified atom stereocenters. The average Bonchev–Trinajstić information content (AvgIpc) is 3.01. The van der Waals surface area contributed by atoms with Gasteiger partial charge < -0.3 is 5.32 Å². The summed E-state index contributed by atoms with van der Waals surface area (Å²) < 4.78 is 37.4. The number of halogens is 3. The van der Waals surface area contributed by atoms with Gasteiger partial charge in [0.2, 0.25) is 0 Å². The van der Waals surface area contributed by atoms with Crippen LogP contribution in [0.15, 0.2) is 52.0 Å². The predicted molar refractivity (Wildman–Crippen MR) is 91.7 cm³/mol. The normalized spacial score (nSPS) is 20.5. The Balaban J connectivity index is 1.51. The molecule has 3 nitrogen and oxygen atoms in total. The maximum Gasteiger partial charge on any atom is 0.393 e. The smallest absolute Gasteiger partial charge is 0.360 e. The third kappa shape index (κ3) is 4.88. The van der Waals surface area contributed by atoms with Gasteiger partial charge in [0.25, 0.3) is 0 Å². The van der Waals surface area contributed by atoms with Gasteiger partial charge in [0, 0.05) is 24.9 Å². The lowest BCUT2D eigenvalue weighted by atomic mass is 10.1. The number of thioether (sulfide) groups is 1. The zero-order valence-corrected chi connectivity index (χ0v) is 13.8. The van der Waals surface area contributed by atoms with Gasteiger partial charge in [0.1, 0.15) is 5.50 Å². The molecular formula is C17H18F3N3S. The van der Waals surface area contributed by atoms with E-state index in [9.17, 15) is 13.2 Å². The molecule has 1 atom stereocenters. The number of hydrogen-bond donors (Lipinski definition) is 2. The Bertz CT molecular complexity index is 680. The van der Waals surface area contributed by atoms with Crippen LogP contribution >= 0.6 is 11.8 Å². The first-order chi connectivity index (χ1) is 11.5. The fraction of sp³-hybridized carbons (Fsp3) is 0.353. The third-order valence-corrected chi connectivity index (χ3v) is 4.59. The van der Waals surface area contributed by atoms with Crippen LogP contribution < -0.4 is 10.6 Å². The molecule has 0 saturated heterocycles. The summed E-state index contributed by atoms with van der Waals surface area (Å²) in [6, 6.07) is 6.61. The van der Waals surface area contributed by atoms with Gasteiger partial charge in [-0.3, -0.25) is 10.3 Å². The van der Waals surface area contributed by atoms with Crippen molar-refractivity contribution in [2.24, 2.45) is 4.99 Å². The van der Waals surface area contributed by atoms with Crippen LogP contribution in [0.25, 0.3) is 0 Å². The van der Waals surface area contributed by atoms with Crippen molar-refractivity contribution in [1.29, 1.82) is 0 Å². The van der Waals surface area contributed by atoms with Crippen molar-refractivity contribution < 1.29 is 13.2 Å². The Hall–Kier alpha value is -1.73. The van der Waals surface area contributed by atoms with Crippen LogP contribution in [0, 0.1) is 0 Å². The maximum absolute atomic E-state index is 12.5. The molecule has 2 aliphatic rings. The van der Waals surface area contributed by atoms with Gasteiger partial charge in [-0.1, -0.05) is 42.1 Å². The number of dihydropyridines is 1. The second-order valence-corrected chi connectivity index (χ2v) is 6.65. The van der Waals surface area contributed by atoms with Gasteiger partial charge in [-0.15, -0.1) is 0 Å². The highest BCUT2D eigenvalue weighted by Gasteiger charge is 2.27. The van der Waals surface area contributed by atoms with E-state index in [0.29, 0.717) is 6.54 Å². The molecule has 1 aromatic rings. The number of nitrogens with zero attached hydrogens (tertiary/aromatic N) is 1. The van der Waals surface area contributed by atoms with Crippen LogP contribution in [0.5, 0.6) is 0 Å². The minimum atomic E-state index is -4.18. The van der Waals surface area contributed by atoms with Crippen LogP contribution in [0.2, 0.25) is 0 Å². The van der Waals surface area contributed by atoms with Crippen molar-refractivity contribution >= 4 is 18.0 Å². The average molecular weight is 353 g/mol. The first-order valence-electron chi connectivity index (χ1n) is 7.70. The van der Waals surface area contributed by atoms with Crippen LogP contribution in [-0.2, 0) is 13.0 Å². The highest BCUT2D eigenvalue weighted by molar-refractivity contribution is 8.02. The number of benzene rings is 1. The molecule has 0 amide bonds. The zero-order valence-electron chi connectivity index (χ0n) is 12.9. The van der Waals surface area contributed by atoms with E-state index in [-0.39, 0.29) is 11.1 Å². The molecule has 0 bridgehead atoms. The van der Waals surface area contributed by atoms with Crippen molar-refractivity contribution in [3.8, 4) is 0 Å². The van der Waals surface area contributed by atoms with Gasteiger partial charge in [-0.2, -0.15) is 13.2 Å². The molecule has 7 heteroatoms. The second kappa shape index (κ2) is 7.44. The Morgan fingerprint density at radius 3 is 2.88 bits per heavy atom. The minimum Gasteiger partial charge on any atom is -0.360 e. The SMILES string of the molecule is FC(F)(F)Cc1cccc(CNC2NC(C3=CCCN=C3)=CS2)c1. The maximum atomic E-state index is 12.5. The van der Waals surface area contributed by atoms with E-state index < -0.39 is 12.6 Å². The van der Waals surface area contributed by atoms with Crippen molar-refractivity contribution in [1.82, 2.24) is 10.6 Å². The Labute approximate surface area is 143 Å². The van der Waals surface area contributed by atoms with Gasteiger partial charge in [0.05, 0.1) is 12.1 Å². The van der Waals surface area contributed by atoms with Crippen molar-refractivity contribution in [2.45, 2.75) is 31.1 Å². The number of allylic oxidation sites excluding steroid dienone is 1. The van der Waals surface area contributed by atoms with Gasteiger partial charge in [-0.05, 0) is 23.0 Å². The van der Waals surface area contributed by atoms with Crippen LogP contribution in [0.3, 0.4) is 0 Å². The molecule has 0 radical (unpaired) electrons. The molecule has 128 valence electrons. The fourth-order valence-corrected chi connectivity index (χ4v) is 3.43. The first kappa shape index (κ1) is 17.1. The minimum absolute atomic E-state index is 0.00231. The van der Waals surface area contributed by atoms with Crippen LogP contribution in [-0.4, -0.2) is 24.4 Å². The van der Waals surface area contributed by atoms with E-state index in [2.05, 4.69) is 21.7 Å². The molecule has 0 aromatic heterocycles. The molecule has 3 rings (SSSR count). The standard InChI is InChI=1S/C17H18F3N3S/c18-17(19,20)8-12-3-1-4-13(7-12)9-22-16-23-15(11-24-16)14-5-2-6-21-10-14/h1,3-5,7,10-11,16,22-23H,2,6,8-9H2. The van der Waals surface area contributed by atoms with Gasteiger partial charge >= 0.3 is 6.18 Å². The van der Waals surface area contributed by atoms with E-state index in [4.69, 9.17) is 0 Å². The summed E-state index contributed by atoms with van der Waals surface area (Å²) in [5, 5.41) is 8.70. The Morgan fingerprint density at radius 1 is 1.29 bits per heavy atom. The summed E-state index contributed by atoms with van der Waals surface area (Å²) in [6.07, 6.45) is -0.111. The summed E-state index contributed by atoms with van der Waals surface area (Å²) >= 11 is 1.61. The molecule has 2 N–H and O–H groups in total. The third-order valence-electron chi connectivity index (χ3n) is 3.66. The summed E-state index contributed by atoms with van der Waals surface area (Å²) in [7, 11) is 0. The molecule has 0 saturated carbocycles. The molecule has 0 fully saturated rings. The topological polar surface area (TPSA) is 36.4 Å². The van der Waals surface area contributed by atoms with Crippen molar-refractivity contribution in [3.63, 3.8) is 0 Å². The van der Waals surface area contributed by atoms with E-state index in [1.54, 1.807) is 23.9 Å². The largest absolute Gasteiger partial charge is 0.393 e. The lowest BCUT2D eigenvalue weighted by Gasteiger charge is -2.16. The van der Waals surface area contributed by atoms with Gasteiger partial charge in [0.15, 0.2) is 0 Å². The number of alkyl halides is 3. The second-order valence-electron chi connectivity index (χ2n) is 5.67. The highest BCUT2D eigenvalue weighted by Crippen LogP contribution is 2.25. The number of rotatable bonds is 5. The van der Waals surface area contributed by atoms with E-state index in [1.165, 1.54) is 6.07 Å². The number of aliphatic imine (C=N–C) groups is 1.